The first-order valence-corrected chi connectivity index (χ1v) is 10.1. The minimum atomic E-state index is -0.314. The Morgan fingerprint density at radius 2 is 2.04 bits per heavy atom. The number of hydrogen-bond acceptors (Lipinski definition) is 4. The summed E-state index contributed by atoms with van der Waals surface area (Å²) in [5, 5.41) is 0. The molecule has 130 valence electrons. The Morgan fingerprint density at radius 3 is 2.52 bits per heavy atom. The first-order valence-electron chi connectivity index (χ1n) is 8.30. The quantitative estimate of drug-likeness (QED) is 0.374. The number of aromatic nitrogens is 1. The monoisotopic (exact) mass is 338 g/mol. The Labute approximate surface area is 142 Å². The van der Waals surface area contributed by atoms with Crippen molar-refractivity contribution in [1.29, 1.82) is 0 Å². The van der Waals surface area contributed by atoms with E-state index in [0.29, 0.717) is 11.6 Å². The molecule has 1 amide bonds. The number of amides is 1. The summed E-state index contributed by atoms with van der Waals surface area (Å²) in [5.41, 5.74) is 3.57. The molecule has 23 heavy (non-hydrogen) atoms. The molecule has 0 saturated heterocycles. The maximum absolute atomic E-state index is 11.4. The fraction of sp³-hybridized carbons (Fsp3) is 0.588. The third kappa shape index (κ3) is 6.05. The number of carbonyl (C=O) groups is 1. The van der Waals surface area contributed by atoms with Gasteiger partial charge in [0.15, 0.2) is 0 Å². The topological polar surface area (TPSA) is 71.2 Å². The summed E-state index contributed by atoms with van der Waals surface area (Å²) >= 11 is 0. The molecule has 1 aliphatic carbocycles. The maximum atomic E-state index is 11.4. The van der Waals surface area contributed by atoms with Crippen LogP contribution in [0.1, 0.15) is 62.0 Å². The van der Waals surface area contributed by atoms with Gasteiger partial charge in [-0.3, -0.25) is 15.2 Å². The Kier molecular flexibility index (Phi) is 9.06. The third-order valence-electron chi connectivity index (χ3n) is 3.92. The lowest BCUT2D eigenvalue weighted by atomic mass is 9.95. The van der Waals surface area contributed by atoms with E-state index in [1.165, 1.54) is 32.1 Å². The van der Waals surface area contributed by atoms with Crippen LogP contribution in [0.15, 0.2) is 18.3 Å². The van der Waals surface area contributed by atoms with E-state index in [2.05, 4.69) is 26.8 Å². The molecule has 0 radical (unpaired) electrons. The largest absolute Gasteiger partial charge is 0.290 e. The van der Waals surface area contributed by atoms with Crippen LogP contribution >= 0.6 is 10.7 Å². The van der Waals surface area contributed by atoms with Crippen molar-refractivity contribution in [2.45, 2.75) is 58.5 Å². The average molecular weight is 339 g/mol. The van der Waals surface area contributed by atoms with Crippen LogP contribution in [0.25, 0.3) is 0 Å². The lowest BCUT2D eigenvalue weighted by Gasteiger charge is -2.34. The zero-order valence-electron chi connectivity index (χ0n) is 14.5. The van der Waals surface area contributed by atoms with Gasteiger partial charge in [-0.05, 0) is 31.2 Å². The summed E-state index contributed by atoms with van der Waals surface area (Å²) in [6.07, 6.45) is 10.2. The van der Waals surface area contributed by atoms with Crippen LogP contribution < -0.4 is 11.3 Å². The highest BCUT2D eigenvalue weighted by molar-refractivity contribution is 8.11. The summed E-state index contributed by atoms with van der Waals surface area (Å²) in [4.78, 5) is 15.8. The van der Waals surface area contributed by atoms with Crippen LogP contribution in [-0.2, 0) is 6.54 Å². The summed E-state index contributed by atoms with van der Waals surface area (Å²) < 4.78 is 2.45. The van der Waals surface area contributed by atoms with Crippen molar-refractivity contribution in [1.82, 2.24) is 14.7 Å². The first kappa shape index (κ1) is 19.8. The number of nitrogens with one attached hydrogen (secondary N) is 1. The molecule has 3 N–H and O–H groups in total. The van der Waals surface area contributed by atoms with Gasteiger partial charge in [0.25, 0.3) is 5.91 Å². The zero-order chi connectivity index (χ0) is 17.2. The Hall–Kier alpha value is -1.24. The predicted octanol–water partition coefficient (Wildman–Crippen LogP) is 3.09. The van der Waals surface area contributed by atoms with E-state index in [1.807, 2.05) is 19.9 Å². The lowest BCUT2D eigenvalue weighted by Crippen LogP contribution is -2.32. The summed E-state index contributed by atoms with van der Waals surface area (Å²) in [6, 6.07) is 4.27. The molecule has 1 fully saturated rings. The normalized spacial score (nSPS) is 16.4. The predicted molar refractivity (Wildman–Crippen MR) is 100 cm³/mol. The fourth-order valence-corrected chi connectivity index (χ4v) is 3.83. The molecule has 1 aliphatic rings. The minimum absolute atomic E-state index is 0.0231. The molecule has 0 bridgehead atoms. The number of nitrogen functional groups attached to an aromatic ring is 1. The van der Waals surface area contributed by atoms with Gasteiger partial charge < -0.3 is 0 Å². The molecule has 1 atom stereocenters. The van der Waals surface area contributed by atoms with Gasteiger partial charge in [-0.25, -0.2) is 10.1 Å². The van der Waals surface area contributed by atoms with E-state index in [1.54, 1.807) is 12.3 Å². The second kappa shape index (κ2) is 10.5. The first-order chi connectivity index (χ1) is 11.1. The van der Waals surface area contributed by atoms with Crippen LogP contribution in [-0.4, -0.2) is 33.4 Å². The van der Waals surface area contributed by atoms with Gasteiger partial charge in [-0.2, -0.15) is 0 Å². The molecule has 0 aliphatic heterocycles. The van der Waals surface area contributed by atoms with E-state index in [9.17, 15) is 4.79 Å². The van der Waals surface area contributed by atoms with Gasteiger partial charge in [-0.15, -0.1) is 10.7 Å². The Bertz CT molecular complexity index is 498. The van der Waals surface area contributed by atoms with Gasteiger partial charge in [0.1, 0.15) is 0 Å². The molecule has 1 unspecified atom stereocenters. The molecule has 2 rings (SSSR count). The van der Waals surface area contributed by atoms with Crippen LogP contribution in [0.4, 0.5) is 0 Å². The molecule has 1 heterocycles. The highest BCUT2D eigenvalue weighted by atomic mass is 32.2. The van der Waals surface area contributed by atoms with Crippen molar-refractivity contribution in [3.63, 3.8) is 0 Å². The molecular weight excluding hydrogens is 308 g/mol. The van der Waals surface area contributed by atoms with E-state index < -0.39 is 0 Å². The van der Waals surface area contributed by atoms with Gasteiger partial charge in [0.2, 0.25) is 0 Å². The number of nitrogens with zero attached hydrogens (tertiary/aromatic N) is 2. The number of rotatable bonds is 5. The molecule has 0 aromatic carbocycles. The van der Waals surface area contributed by atoms with E-state index in [-0.39, 0.29) is 16.6 Å². The highest BCUT2D eigenvalue weighted by Crippen LogP contribution is 2.30. The maximum Gasteiger partial charge on any atom is 0.266 e. The van der Waals surface area contributed by atoms with Gasteiger partial charge >= 0.3 is 0 Å². The number of hydrogen-bond donors (Lipinski definition) is 2. The van der Waals surface area contributed by atoms with Crippen molar-refractivity contribution in [3.05, 3.63) is 29.6 Å². The molecule has 6 heteroatoms. The summed E-state index contributed by atoms with van der Waals surface area (Å²) in [6.45, 7) is 4.79. The molecule has 0 spiro atoms. The van der Waals surface area contributed by atoms with E-state index >= 15 is 0 Å². The standard InChI is InChI=1S/C15H24N4OS.C2H6/c1-21(2)19(14-6-4-3-5-7-14)11-13-9-8-12(10-17-13)15(20)18-16;1-2/h8-10,14H,1,3-7,11,16H2,2H3,(H,18,20);1-2H3. The van der Waals surface area contributed by atoms with Crippen LogP contribution in [0.5, 0.6) is 0 Å². The smallest absolute Gasteiger partial charge is 0.266 e. The molecular formula is C17H30N4OS. The van der Waals surface area contributed by atoms with Gasteiger partial charge in [-0.1, -0.05) is 39.0 Å². The van der Waals surface area contributed by atoms with E-state index in [0.717, 1.165) is 12.2 Å². The molecule has 1 aromatic heterocycles. The van der Waals surface area contributed by atoms with Gasteiger partial charge in [0.05, 0.1) is 17.8 Å². The summed E-state index contributed by atoms with van der Waals surface area (Å²) in [7, 11) is -0.0231. The average Bonchev–Trinajstić information content (AvgIpc) is 2.61. The number of nitrogens with two attached hydrogens (primary N) is 1. The third-order valence-corrected chi connectivity index (χ3v) is 5.15. The number of hydrazine groups is 1. The number of carbonyl (C=O) groups excluding carboxylic acids is 1. The van der Waals surface area contributed by atoms with Crippen LogP contribution in [0, 0.1) is 0 Å². The van der Waals surface area contributed by atoms with Crippen LogP contribution in [0.2, 0.25) is 0 Å². The number of pyridine rings is 1. The molecule has 5 nitrogen and oxygen atoms in total. The minimum Gasteiger partial charge on any atom is -0.290 e. The highest BCUT2D eigenvalue weighted by Gasteiger charge is 2.22. The van der Waals surface area contributed by atoms with Crippen molar-refractivity contribution >= 4 is 22.4 Å². The fourth-order valence-electron chi connectivity index (χ4n) is 2.76. The van der Waals surface area contributed by atoms with Crippen molar-refractivity contribution in [2.75, 3.05) is 6.26 Å². The second-order valence-electron chi connectivity index (χ2n) is 5.48. The van der Waals surface area contributed by atoms with Crippen LogP contribution in [0.3, 0.4) is 0 Å². The SMILES string of the molecule is C=S(C)N(Cc1ccc(C(=O)NN)cn1)C1CCCCC1.CC. The van der Waals surface area contributed by atoms with E-state index in [4.69, 9.17) is 5.84 Å². The Balaban J connectivity index is 0.00000127. The second-order valence-corrected chi connectivity index (χ2v) is 7.15. The lowest BCUT2D eigenvalue weighted by molar-refractivity contribution is 0.0953. The summed E-state index contributed by atoms with van der Waals surface area (Å²) in [5.74, 6) is 9.02. The Morgan fingerprint density at radius 1 is 1.39 bits per heavy atom. The molecule has 1 saturated carbocycles. The van der Waals surface area contributed by atoms with Crippen molar-refractivity contribution in [3.8, 4) is 0 Å². The van der Waals surface area contributed by atoms with Crippen molar-refractivity contribution < 1.29 is 4.79 Å². The zero-order valence-corrected chi connectivity index (χ0v) is 15.4. The van der Waals surface area contributed by atoms with Gasteiger partial charge in [0, 0.05) is 12.2 Å². The molecule has 1 aromatic rings. The van der Waals surface area contributed by atoms with Crippen molar-refractivity contribution in [2.24, 2.45) is 5.84 Å².